The van der Waals surface area contributed by atoms with Gasteiger partial charge in [-0.3, -0.25) is 4.79 Å². The summed E-state index contributed by atoms with van der Waals surface area (Å²) in [6.07, 6.45) is 10.2. The van der Waals surface area contributed by atoms with Crippen LogP contribution >= 0.6 is 0 Å². The van der Waals surface area contributed by atoms with E-state index in [1.165, 1.54) is 12.8 Å². The summed E-state index contributed by atoms with van der Waals surface area (Å²) in [5.41, 5.74) is 6.30. The van der Waals surface area contributed by atoms with Crippen LogP contribution in [0.1, 0.15) is 64.2 Å². The number of hydrogen-bond acceptors (Lipinski definition) is 3. The third kappa shape index (κ3) is 2.73. The number of nitrogens with zero attached hydrogens (tertiary/aromatic N) is 1. The van der Waals surface area contributed by atoms with Crippen LogP contribution in [-0.2, 0) is 4.79 Å². The molecule has 2 saturated heterocycles. The number of carbonyl (C=O) groups excluding carboxylic acids is 1. The van der Waals surface area contributed by atoms with Crippen molar-refractivity contribution in [1.29, 1.82) is 0 Å². The Balaban J connectivity index is 1.71. The Bertz CT molecular complexity index is 346. The molecule has 3 N–H and O–H groups in total. The van der Waals surface area contributed by atoms with Crippen LogP contribution in [-0.4, -0.2) is 40.1 Å². The van der Waals surface area contributed by atoms with Crippen molar-refractivity contribution in [3.05, 3.63) is 0 Å². The quantitative estimate of drug-likeness (QED) is 0.769. The first-order valence-corrected chi connectivity index (χ1v) is 8.42. The van der Waals surface area contributed by atoms with Gasteiger partial charge >= 0.3 is 0 Å². The Morgan fingerprint density at radius 2 is 1.55 bits per heavy atom. The summed E-state index contributed by atoms with van der Waals surface area (Å²) in [5.74, 6) is 0.312. The lowest BCUT2D eigenvalue weighted by Crippen LogP contribution is -2.53. The zero-order valence-electron chi connectivity index (χ0n) is 12.3. The third-order valence-electron chi connectivity index (χ3n) is 5.60. The number of fused-ring (bicyclic) bond motifs is 2. The van der Waals surface area contributed by atoms with E-state index in [0.29, 0.717) is 5.91 Å². The monoisotopic (exact) mass is 280 g/mol. The second-order valence-corrected chi connectivity index (χ2v) is 7.02. The van der Waals surface area contributed by atoms with Crippen LogP contribution in [0.3, 0.4) is 0 Å². The maximum absolute atomic E-state index is 13.0. The molecule has 3 aliphatic rings. The Morgan fingerprint density at radius 1 is 0.950 bits per heavy atom. The van der Waals surface area contributed by atoms with Crippen LogP contribution in [0.4, 0.5) is 0 Å². The zero-order valence-corrected chi connectivity index (χ0v) is 12.3. The fraction of sp³-hybridized carbons (Fsp3) is 0.938. The van der Waals surface area contributed by atoms with Crippen molar-refractivity contribution in [1.82, 2.24) is 4.90 Å². The van der Waals surface area contributed by atoms with Crippen LogP contribution < -0.4 is 5.73 Å². The molecule has 1 aliphatic carbocycles. The fourth-order valence-corrected chi connectivity index (χ4v) is 4.52. The minimum Gasteiger partial charge on any atom is -0.393 e. The smallest absolute Gasteiger partial charge is 0.227 e. The van der Waals surface area contributed by atoms with E-state index >= 15 is 0 Å². The van der Waals surface area contributed by atoms with E-state index in [-0.39, 0.29) is 30.1 Å². The lowest BCUT2D eigenvalue weighted by atomic mass is 9.85. The molecule has 4 atom stereocenters. The normalized spacial score (nSPS) is 42.1. The van der Waals surface area contributed by atoms with Crippen molar-refractivity contribution in [3.8, 4) is 0 Å². The van der Waals surface area contributed by atoms with E-state index in [0.717, 1.165) is 51.4 Å². The highest BCUT2D eigenvalue weighted by molar-refractivity contribution is 5.80. The molecule has 0 radical (unpaired) electrons. The SMILES string of the molecule is N[C@@H]1CCCCCC[C@H]1C(=O)N1[C@H]2CC[C@H]1CC(O)C2. The van der Waals surface area contributed by atoms with E-state index in [2.05, 4.69) is 4.90 Å². The van der Waals surface area contributed by atoms with E-state index in [9.17, 15) is 9.90 Å². The van der Waals surface area contributed by atoms with Crippen LogP contribution in [0.2, 0.25) is 0 Å². The maximum atomic E-state index is 13.0. The third-order valence-corrected chi connectivity index (χ3v) is 5.60. The molecule has 2 bridgehead atoms. The molecular weight excluding hydrogens is 252 g/mol. The summed E-state index contributed by atoms with van der Waals surface area (Å²) in [6.45, 7) is 0. The van der Waals surface area contributed by atoms with E-state index < -0.39 is 0 Å². The van der Waals surface area contributed by atoms with Gasteiger partial charge in [0.1, 0.15) is 0 Å². The van der Waals surface area contributed by atoms with Gasteiger partial charge in [0.2, 0.25) is 5.91 Å². The average molecular weight is 280 g/mol. The summed E-state index contributed by atoms with van der Waals surface area (Å²) in [5, 5.41) is 9.87. The molecule has 20 heavy (non-hydrogen) atoms. The zero-order chi connectivity index (χ0) is 14.1. The molecule has 0 aromatic carbocycles. The van der Waals surface area contributed by atoms with Crippen molar-refractivity contribution >= 4 is 5.91 Å². The van der Waals surface area contributed by atoms with Crippen molar-refractivity contribution in [2.75, 3.05) is 0 Å². The molecule has 0 spiro atoms. The Hall–Kier alpha value is -0.610. The van der Waals surface area contributed by atoms with Crippen LogP contribution in [0.15, 0.2) is 0 Å². The van der Waals surface area contributed by atoms with Crippen molar-refractivity contribution in [2.45, 2.75) is 88.4 Å². The Labute approximate surface area is 121 Å². The van der Waals surface area contributed by atoms with Gasteiger partial charge in [0.25, 0.3) is 0 Å². The molecule has 1 amide bonds. The standard InChI is InChI=1S/C16H28N2O2/c17-15-6-4-2-1-3-5-14(15)16(20)18-11-7-8-12(18)10-13(19)9-11/h11-15,19H,1-10,17H2/t11-,12-,14+,15+/m0/s1. The van der Waals surface area contributed by atoms with Crippen LogP contribution in [0.5, 0.6) is 0 Å². The number of nitrogens with two attached hydrogens (primary N) is 1. The van der Waals surface area contributed by atoms with Crippen molar-refractivity contribution < 1.29 is 9.90 Å². The predicted octanol–water partition coefficient (Wildman–Crippen LogP) is 1.80. The number of aliphatic hydroxyl groups excluding tert-OH is 1. The van der Waals surface area contributed by atoms with Gasteiger partial charge in [-0.15, -0.1) is 0 Å². The van der Waals surface area contributed by atoms with Gasteiger partial charge in [-0.05, 0) is 38.5 Å². The second-order valence-electron chi connectivity index (χ2n) is 7.02. The molecule has 2 aliphatic heterocycles. The second kappa shape index (κ2) is 6.02. The van der Waals surface area contributed by atoms with E-state index in [1.54, 1.807) is 0 Å². The Kier molecular flexibility index (Phi) is 4.32. The molecule has 0 aromatic rings. The number of amides is 1. The highest BCUT2D eigenvalue weighted by Crippen LogP contribution is 2.38. The number of aliphatic hydroxyl groups is 1. The number of piperidine rings is 1. The first kappa shape index (κ1) is 14.3. The fourth-order valence-electron chi connectivity index (χ4n) is 4.52. The molecule has 114 valence electrons. The molecule has 2 heterocycles. The van der Waals surface area contributed by atoms with Gasteiger partial charge in [-0.1, -0.05) is 25.7 Å². The number of rotatable bonds is 1. The largest absolute Gasteiger partial charge is 0.393 e. The van der Waals surface area contributed by atoms with Crippen molar-refractivity contribution in [2.24, 2.45) is 11.7 Å². The summed E-state index contributed by atoms with van der Waals surface area (Å²) in [6, 6.07) is 0.580. The molecule has 0 aromatic heterocycles. The number of carbonyl (C=O) groups is 1. The topological polar surface area (TPSA) is 66.6 Å². The molecule has 4 heteroatoms. The molecule has 3 rings (SSSR count). The first-order chi connectivity index (χ1) is 9.66. The summed E-state index contributed by atoms with van der Waals surface area (Å²) in [4.78, 5) is 15.1. The van der Waals surface area contributed by atoms with Gasteiger partial charge in [0, 0.05) is 18.1 Å². The summed E-state index contributed by atoms with van der Waals surface area (Å²) in [7, 11) is 0. The molecule has 4 nitrogen and oxygen atoms in total. The molecule has 3 fully saturated rings. The summed E-state index contributed by atoms with van der Waals surface area (Å²) < 4.78 is 0. The maximum Gasteiger partial charge on any atom is 0.227 e. The average Bonchev–Trinajstić information content (AvgIpc) is 2.66. The minimum atomic E-state index is -0.206. The highest BCUT2D eigenvalue weighted by Gasteiger charge is 2.45. The molecule has 0 unspecified atom stereocenters. The predicted molar refractivity (Wildman–Crippen MR) is 78.1 cm³/mol. The van der Waals surface area contributed by atoms with Gasteiger partial charge in [0.05, 0.1) is 12.0 Å². The first-order valence-electron chi connectivity index (χ1n) is 8.42. The molecule has 1 saturated carbocycles. The van der Waals surface area contributed by atoms with Crippen molar-refractivity contribution in [3.63, 3.8) is 0 Å². The lowest BCUT2D eigenvalue weighted by molar-refractivity contribution is -0.143. The lowest BCUT2D eigenvalue weighted by Gasteiger charge is -2.40. The minimum absolute atomic E-state index is 0.0219. The molecular formula is C16H28N2O2. The van der Waals surface area contributed by atoms with E-state index in [1.807, 2.05) is 0 Å². The summed E-state index contributed by atoms with van der Waals surface area (Å²) >= 11 is 0. The van der Waals surface area contributed by atoms with Crippen LogP contribution in [0, 0.1) is 5.92 Å². The van der Waals surface area contributed by atoms with Gasteiger partial charge in [0.15, 0.2) is 0 Å². The van der Waals surface area contributed by atoms with Crippen LogP contribution in [0.25, 0.3) is 0 Å². The van der Waals surface area contributed by atoms with E-state index in [4.69, 9.17) is 5.73 Å². The van der Waals surface area contributed by atoms with Gasteiger partial charge < -0.3 is 15.7 Å². The van der Waals surface area contributed by atoms with Gasteiger partial charge in [-0.2, -0.15) is 0 Å². The Morgan fingerprint density at radius 3 is 2.20 bits per heavy atom. The highest BCUT2D eigenvalue weighted by atomic mass is 16.3. The van der Waals surface area contributed by atoms with Gasteiger partial charge in [-0.25, -0.2) is 0 Å². The number of hydrogen-bond donors (Lipinski definition) is 2.